The standard InChI is InChI=1S/C12H17N3O2/c1-2-17-11(16)6-7-13-12-9-4-3-5-10(9)14-8-15-12/h8H,2-7H2,1H3,(H,13,14,15). The van der Waals surface area contributed by atoms with Crippen molar-refractivity contribution in [2.75, 3.05) is 18.5 Å². The number of carbonyl (C=O) groups is 1. The average molecular weight is 235 g/mol. The quantitative estimate of drug-likeness (QED) is 0.780. The van der Waals surface area contributed by atoms with E-state index in [1.54, 1.807) is 6.33 Å². The van der Waals surface area contributed by atoms with Crippen molar-refractivity contribution in [1.82, 2.24) is 9.97 Å². The monoisotopic (exact) mass is 235 g/mol. The second-order valence-electron chi connectivity index (χ2n) is 3.98. The number of esters is 1. The maximum atomic E-state index is 11.2. The molecular formula is C12H17N3O2. The van der Waals surface area contributed by atoms with Crippen molar-refractivity contribution in [2.24, 2.45) is 0 Å². The zero-order valence-corrected chi connectivity index (χ0v) is 10.0. The molecule has 0 saturated carbocycles. The van der Waals surface area contributed by atoms with Gasteiger partial charge in [-0.05, 0) is 26.2 Å². The van der Waals surface area contributed by atoms with E-state index in [0.717, 1.165) is 30.8 Å². The Morgan fingerprint density at radius 3 is 3.18 bits per heavy atom. The highest BCUT2D eigenvalue weighted by molar-refractivity contribution is 5.70. The number of aromatic nitrogens is 2. The number of nitrogens with zero attached hydrogens (tertiary/aromatic N) is 2. The van der Waals surface area contributed by atoms with Crippen molar-refractivity contribution in [1.29, 1.82) is 0 Å². The summed E-state index contributed by atoms with van der Waals surface area (Å²) < 4.78 is 4.86. The number of rotatable bonds is 5. The Kier molecular flexibility index (Phi) is 3.90. The molecule has 0 aliphatic heterocycles. The van der Waals surface area contributed by atoms with Crippen LogP contribution in [0.25, 0.3) is 0 Å². The van der Waals surface area contributed by atoms with Gasteiger partial charge in [0.05, 0.1) is 13.0 Å². The number of carbonyl (C=O) groups excluding carboxylic acids is 1. The summed E-state index contributed by atoms with van der Waals surface area (Å²) >= 11 is 0. The van der Waals surface area contributed by atoms with Crippen molar-refractivity contribution >= 4 is 11.8 Å². The second kappa shape index (κ2) is 5.61. The predicted molar refractivity (Wildman–Crippen MR) is 63.8 cm³/mol. The topological polar surface area (TPSA) is 64.1 Å². The molecule has 0 atom stereocenters. The largest absolute Gasteiger partial charge is 0.466 e. The third-order valence-electron chi connectivity index (χ3n) is 2.80. The van der Waals surface area contributed by atoms with Crippen LogP contribution in [0.3, 0.4) is 0 Å². The first-order valence-corrected chi connectivity index (χ1v) is 6.03. The Morgan fingerprint density at radius 2 is 2.35 bits per heavy atom. The minimum atomic E-state index is -0.175. The normalized spacial score (nSPS) is 13.2. The number of anilines is 1. The maximum Gasteiger partial charge on any atom is 0.307 e. The summed E-state index contributed by atoms with van der Waals surface area (Å²) in [4.78, 5) is 19.6. The van der Waals surface area contributed by atoms with Crippen LogP contribution >= 0.6 is 0 Å². The minimum absolute atomic E-state index is 0.175. The van der Waals surface area contributed by atoms with Crippen molar-refractivity contribution in [3.05, 3.63) is 17.6 Å². The molecular weight excluding hydrogens is 218 g/mol. The molecule has 1 aromatic rings. The van der Waals surface area contributed by atoms with Crippen molar-refractivity contribution in [3.63, 3.8) is 0 Å². The van der Waals surface area contributed by atoms with E-state index in [-0.39, 0.29) is 5.97 Å². The Bertz CT molecular complexity index is 407. The van der Waals surface area contributed by atoms with E-state index < -0.39 is 0 Å². The van der Waals surface area contributed by atoms with Crippen molar-refractivity contribution in [3.8, 4) is 0 Å². The van der Waals surface area contributed by atoms with Gasteiger partial charge in [0.25, 0.3) is 0 Å². The van der Waals surface area contributed by atoms with Crippen LogP contribution in [0.4, 0.5) is 5.82 Å². The van der Waals surface area contributed by atoms with E-state index in [0.29, 0.717) is 19.6 Å². The lowest BCUT2D eigenvalue weighted by atomic mass is 10.2. The van der Waals surface area contributed by atoms with Crippen LogP contribution in [0.2, 0.25) is 0 Å². The molecule has 5 heteroatoms. The van der Waals surface area contributed by atoms with Gasteiger partial charge in [-0.2, -0.15) is 0 Å². The number of hydrogen-bond acceptors (Lipinski definition) is 5. The van der Waals surface area contributed by atoms with Gasteiger partial charge >= 0.3 is 5.97 Å². The molecule has 17 heavy (non-hydrogen) atoms. The van der Waals surface area contributed by atoms with Crippen LogP contribution in [0.5, 0.6) is 0 Å². The zero-order chi connectivity index (χ0) is 12.1. The molecule has 0 aromatic carbocycles. The van der Waals surface area contributed by atoms with Gasteiger partial charge in [-0.3, -0.25) is 4.79 Å². The second-order valence-corrected chi connectivity index (χ2v) is 3.98. The summed E-state index contributed by atoms with van der Waals surface area (Å²) in [5.41, 5.74) is 2.34. The summed E-state index contributed by atoms with van der Waals surface area (Å²) in [6.07, 6.45) is 5.15. The molecule has 0 unspecified atom stereocenters. The molecule has 0 fully saturated rings. The molecule has 0 spiro atoms. The highest BCUT2D eigenvalue weighted by Crippen LogP contribution is 2.24. The Labute approximate surface area is 101 Å². The molecule has 0 amide bonds. The SMILES string of the molecule is CCOC(=O)CCNc1ncnc2c1CCC2. The van der Waals surface area contributed by atoms with E-state index in [2.05, 4.69) is 15.3 Å². The summed E-state index contributed by atoms with van der Waals surface area (Å²) in [5.74, 6) is 0.697. The first kappa shape index (κ1) is 11.8. The van der Waals surface area contributed by atoms with Gasteiger partial charge in [0.2, 0.25) is 0 Å². The molecule has 0 saturated heterocycles. The molecule has 0 radical (unpaired) electrons. The summed E-state index contributed by atoms with van der Waals surface area (Å²) in [7, 11) is 0. The average Bonchev–Trinajstić information content (AvgIpc) is 2.78. The first-order chi connectivity index (χ1) is 8.31. The molecule has 2 rings (SSSR count). The number of ether oxygens (including phenoxy) is 1. The fourth-order valence-electron chi connectivity index (χ4n) is 2.03. The third kappa shape index (κ3) is 2.93. The summed E-state index contributed by atoms with van der Waals surface area (Å²) in [5, 5.41) is 3.18. The molecule has 92 valence electrons. The summed E-state index contributed by atoms with van der Waals surface area (Å²) in [6, 6.07) is 0. The Balaban J connectivity index is 1.87. The van der Waals surface area contributed by atoms with Crippen LogP contribution in [0, 0.1) is 0 Å². The zero-order valence-electron chi connectivity index (χ0n) is 10.0. The van der Waals surface area contributed by atoms with Gasteiger partial charge in [-0.15, -0.1) is 0 Å². The van der Waals surface area contributed by atoms with Gasteiger partial charge in [0.1, 0.15) is 12.1 Å². The van der Waals surface area contributed by atoms with Gasteiger partial charge in [-0.25, -0.2) is 9.97 Å². The summed E-state index contributed by atoms with van der Waals surface area (Å²) in [6.45, 7) is 2.80. The van der Waals surface area contributed by atoms with Crippen molar-refractivity contribution in [2.45, 2.75) is 32.6 Å². The molecule has 1 heterocycles. The predicted octanol–water partition coefficient (Wildman–Crippen LogP) is 1.33. The number of fused-ring (bicyclic) bond motifs is 1. The molecule has 1 aromatic heterocycles. The lowest BCUT2D eigenvalue weighted by molar-refractivity contribution is -0.142. The number of hydrogen-bond donors (Lipinski definition) is 1. The maximum absolute atomic E-state index is 11.2. The lowest BCUT2D eigenvalue weighted by Gasteiger charge is -2.08. The highest BCUT2D eigenvalue weighted by atomic mass is 16.5. The van der Waals surface area contributed by atoms with Crippen LogP contribution in [0.1, 0.15) is 31.0 Å². The number of nitrogens with one attached hydrogen (secondary N) is 1. The molecule has 1 aliphatic carbocycles. The fourth-order valence-corrected chi connectivity index (χ4v) is 2.03. The van der Waals surface area contributed by atoms with E-state index in [1.165, 1.54) is 5.56 Å². The highest BCUT2D eigenvalue weighted by Gasteiger charge is 2.16. The molecule has 5 nitrogen and oxygen atoms in total. The van der Waals surface area contributed by atoms with E-state index in [1.807, 2.05) is 6.92 Å². The molecule has 1 N–H and O–H groups in total. The smallest absolute Gasteiger partial charge is 0.307 e. The van der Waals surface area contributed by atoms with Gasteiger partial charge in [0, 0.05) is 17.8 Å². The van der Waals surface area contributed by atoms with E-state index >= 15 is 0 Å². The van der Waals surface area contributed by atoms with Gasteiger partial charge in [0.15, 0.2) is 0 Å². The fraction of sp³-hybridized carbons (Fsp3) is 0.583. The van der Waals surface area contributed by atoms with Crippen LogP contribution < -0.4 is 5.32 Å². The van der Waals surface area contributed by atoms with Crippen LogP contribution in [0.15, 0.2) is 6.33 Å². The third-order valence-corrected chi connectivity index (χ3v) is 2.80. The number of aryl methyl sites for hydroxylation is 1. The molecule has 0 bridgehead atoms. The Hall–Kier alpha value is -1.65. The van der Waals surface area contributed by atoms with Crippen LogP contribution in [-0.2, 0) is 22.4 Å². The van der Waals surface area contributed by atoms with Crippen molar-refractivity contribution < 1.29 is 9.53 Å². The Morgan fingerprint density at radius 1 is 1.47 bits per heavy atom. The minimum Gasteiger partial charge on any atom is -0.466 e. The lowest BCUT2D eigenvalue weighted by Crippen LogP contribution is -2.13. The van der Waals surface area contributed by atoms with Crippen LogP contribution in [-0.4, -0.2) is 29.1 Å². The van der Waals surface area contributed by atoms with E-state index in [9.17, 15) is 4.79 Å². The van der Waals surface area contributed by atoms with Gasteiger partial charge < -0.3 is 10.1 Å². The molecule has 1 aliphatic rings. The van der Waals surface area contributed by atoms with E-state index in [4.69, 9.17) is 4.74 Å². The first-order valence-electron chi connectivity index (χ1n) is 6.03. The van der Waals surface area contributed by atoms with Gasteiger partial charge in [-0.1, -0.05) is 0 Å².